The highest BCUT2D eigenvalue weighted by Gasteiger charge is 2.01. The number of para-hydroxylation sites is 1. The van der Waals surface area contributed by atoms with E-state index in [1.165, 1.54) is 0 Å². The average molecular weight is 399 g/mol. The fourth-order valence-electron chi connectivity index (χ4n) is 2.03. The lowest BCUT2D eigenvalue weighted by atomic mass is 10.2. The lowest BCUT2D eigenvalue weighted by Gasteiger charge is -2.04. The van der Waals surface area contributed by atoms with E-state index in [4.69, 9.17) is 23.2 Å². The quantitative estimate of drug-likeness (QED) is 0.483. The molecule has 138 valence electrons. The van der Waals surface area contributed by atoms with Gasteiger partial charge in [0.05, 0.1) is 15.7 Å². The van der Waals surface area contributed by atoms with Crippen LogP contribution < -0.4 is 5.32 Å². The zero-order chi connectivity index (χ0) is 19.5. The van der Waals surface area contributed by atoms with E-state index >= 15 is 0 Å². The molecule has 0 saturated heterocycles. The molecule has 27 heavy (non-hydrogen) atoms. The first-order valence-electron chi connectivity index (χ1n) is 8.47. The maximum atomic E-state index is 11.0. The summed E-state index contributed by atoms with van der Waals surface area (Å²) in [5.41, 5.74) is 2.77. The Hall–Kier alpha value is -2.62. The summed E-state index contributed by atoms with van der Waals surface area (Å²) in [5, 5.41) is 3.60. The van der Waals surface area contributed by atoms with Crippen molar-refractivity contribution in [3.05, 3.63) is 94.5 Å². The van der Waals surface area contributed by atoms with Gasteiger partial charge in [0.15, 0.2) is 0 Å². The van der Waals surface area contributed by atoms with Gasteiger partial charge in [-0.15, -0.1) is 0 Å². The number of anilines is 1. The summed E-state index contributed by atoms with van der Waals surface area (Å²) in [7, 11) is 0. The largest absolute Gasteiger partial charge is 0.326 e. The fraction of sp³-hybridized carbons (Fsp3) is 0.0909. The first-order chi connectivity index (χ1) is 13.1. The molecule has 0 aliphatic heterocycles. The van der Waals surface area contributed by atoms with Crippen LogP contribution in [-0.4, -0.2) is 12.1 Å². The van der Waals surface area contributed by atoms with Crippen molar-refractivity contribution in [3.63, 3.8) is 0 Å². The zero-order valence-corrected chi connectivity index (χ0v) is 16.4. The number of carbonyl (C=O) groups is 1. The summed E-state index contributed by atoms with van der Waals surface area (Å²) in [5.74, 6) is -0.0432. The number of hydrogen-bond donors (Lipinski definition) is 1. The molecule has 0 aliphatic rings. The summed E-state index contributed by atoms with van der Waals surface area (Å²) in [4.78, 5) is 15.3. The molecule has 0 spiro atoms. The van der Waals surface area contributed by atoms with Gasteiger partial charge in [0.1, 0.15) is 0 Å². The lowest BCUT2D eigenvalue weighted by Crippen LogP contribution is -2.09. The highest BCUT2D eigenvalue weighted by atomic mass is 35.5. The molecule has 0 saturated carbocycles. The summed E-state index contributed by atoms with van der Waals surface area (Å²) < 4.78 is 0. The smallest absolute Gasteiger partial charge is 0.224 e. The van der Waals surface area contributed by atoms with Gasteiger partial charge in [0.2, 0.25) is 5.91 Å². The first-order valence-corrected chi connectivity index (χ1v) is 9.23. The summed E-state index contributed by atoms with van der Waals surface area (Å²) in [6, 6.07) is 25.0. The van der Waals surface area contributed by atoms with Gasteiger partial charge < -0.3 is 5.32 Å². The highest BCUT2D eigenvalue weighted by Crippen LogP contribution is 2.24. The second-order valence-electron chi connectivity index (χ2n) is 5.54. The minimum atomic E-state index is -0.0432. The van der Waals surface area contributed by atoms with Crippen LogP contribution >= 0.6 is 23.2 Å². The predicted octanol–water partition coefficient (Wildman–Crippen LogP) is 6.78. The van der Waals surface area contributed by atoms with Crippen LogP contribution in [0.25, 0.3) is 0 Å². The molecule has 0 aromatic heterocycles. The van der Waals surface area contributed by atoms with E-state index in [0.29, 0.717) is 22.2 Å². The van der Waals surface area contributed by atoms with Crippen LogP contribution in [-0.2, 0) is 4.79 Å². The Kier molecular flexibility index (Phi) is 8.56. The van der Waals surface area contributed by atoms with Crippen molar-refractivity contribution in [3.8, 4) is 0 Å². The van der Waals surface area contributed by atoms with Crippen molar-refractivity contribution in [1.29, 1.82) is 0 Å². The second kappa shape index (κ2) is 11.2. The molecule has 0 radical (unpaired) electrons. The van der Waals surface area contributed by atoms with Crippen LogP contribution in [0.4, 0.5) is 11.4 Å². The normalized spacial score (nSPS) is 10.2. The van der Waals surface area contributed by atoms with Crippen molar-refractivity contribution in [2.75, 3.05) is 5.32 Å². The third-order valence-electron chi connectivity index (χ3n) is 3.44. The monoisotopic (exact) mass is 398 g/mol. The Labute approximate surface area is 169 Å². The molecule has 0 aliphatic carbocycles. The van der Waals surface area contributed by atoms with E-state index in [0.717, 1.165) is 11.3 Å². The van der Waals surface area contributed by atoms with E-state index < -0.39 is 0 Å². The molecule has 1 N–H and O–H groups in total. The van der Waals surface area contributed by atoms with Crippen LogP contribution in [0.15, 0.2) is 83.9 Å². The SMILES string of the molecule is C(=Nc1ccccc1)c1ccccc1.CCC(=O)Nc1ccc(Cl)c(Cl)c1. The Morgan fingerprint density at radius 3 is 2.15 bits per heavy atom. The minimum Gasteiger partial charge on any atom is -0.326 e. The summed E-state index contributed by atoms with van der Waals surface area (Å²) in [6.45, 7) is 1.78. The van der Waals surface area contributed by atoms with E-state index in [9.17, 15) is 4.79 Å². The van der Waals surface area contributed by atoms with Gasteiger partial charge in [0.25, 0.3) is 0 Å². The number of nitrogens with zero attached hydrogens (tertiary/aromatic N) is 1. The lowest BCUT2D eigenvalue weighted by molar-refractivity contribution is -0.115. The third kappa shape index (κ3) is 7.65. The van der Waals surface area contributed by atoms with Gasteiger partial charge in [-0.1, -0.05) is 78.7 Å². The summed E-state index contributed by atoms with van der Waals surface area (Å²) in [6.07, 6.45) is 2.32. The molecule has 3 aromatic rings. The van der Waals surface area contributed by atoms with Gasteiger partial charge >= 0.3 is 0 Å². The molecule has 3 nitrogen and oxygen atoms in total. The van der Waals surface area contributed by atoms with Crippen molar-refractivity contribution in [1.82, 2.24) is 0 Å². The summed E-state index contributed by atoms with van der Waals surface area (Å²) >= 11 is 11.5. The topological polar surface area (TPSA) is 41.5 Å². The van der Waals surface area contributed by atoms with E-state index in [1.54, 1.807) is 25.1 Å². The Bertz CT molecular complexity index is 840. The first kappa shape index (κ1) is 20.7. The van der Waals surface area contributed by atoms with Gasteiger partial charge in [-0.05, 0) is 35.9 Å². The van der Waals surface area contributed by atoms with Gasteiger partial charge in [-0.2, -0.15) is 0 Å². The molecule has 0 unspecified atom stereocenters. The Morgan fingerprint density at radius 1 is 0.926 bits per heavy atom. The molecule has 1 amide bonds. The fourth-order valence-corrected chi connectivity index (χ4v) is 2.32. The number of benzene rings is 3. The molecule has 5 heteroatoms. The van der Waals surface area contributed by atoms with Crippen molar-refractivity contribution in [2.45, 2.75) is 13.3 Å². The molecule has 3 aromatic carbocycles. The molecule has 0 bridgehead atoms. The average Bonchev–Trinajstić information content (AvgIpc) is 2.71. The number of rotatable bonds is 4. The number of amides is 1. The molecule has 3 rings (SSSR count). The van der Waals surface area contributed by atoms with Crippen molar-refractivity contribution < 1.29 is 4.79 Å². The van der Waals surface area contributed by atoms with Gasteiger partial charge in [0, 0.05) is 18.3 Å². The number of hydrogen-bond acceptors (Lipinski definition) is 2. The van der Waals surface area contributed by atoms with Crippen LogP contribution in [0.1, 0.15) is 18.9 Å². The Balaban J connectivity index is 0.000000194. The van der Waals surface area contributed by atoms with Crippen LogP contribution in [0, 0.1) is 0 Å². The van der Waals surface area contributed by atoms with Crippen LogP contribution in [0.3, 0.4) is 0 Å². The highest BCUT2D eigenvalue weighted by molar-refractivity contribution is 6.42. The van der Waals surface area contributed by atoms with Crippen LogP contribution in [0.2, 0.25) is 10.0 Å². The van der Waals surface area contributed by atoms with Crippen molar-refractivity contribution >= 4 is 46.7 Å². The Morgan fingerprint density at radius 2 is 1.56 bits per heavy atom. The minimum absolute atomic E-state index is 0.0432. The predicted molar refractivity (Wildman–Crippen MR) is 116 cm³/mol. The van der Waals surface area contributed by atoms with Gasteiger partial charge in [-0.25, -0.2) is 0 Å². The standard InChI is InChI=1S/C13H11N.C9H9Cl2NO/c1-3-7-12(8-4-1)11-14-13-9-5-2-6-10-13;1-2-9(13)12-6-3-4-7(10)8(11)5-6/h1-11H;3-5H,2H2,1H3,(H,12,13). The molecule has 0 fully saturated rings. The molecule has 0 atom stereocenters. The van der Waals surface area contributed by atoms with Crippen molar-refractivity contribution in [2.24, 2.45) is 4.99 Å². The number of aliphatic imine (C=N–C) groups is 1. The molecular formula is C22H20Cl2N2O. The van der Waals surface area contributed by atoms with E-state index in [1.807, 2.05) is 66.9 Å². The maximum absolute atomic E-state index is 11.0. The number of carbonyl (C=O) groups excluding carboxylic acids is 1. The van der Waals surface area contributed by atoms with E-state index in [-0.39, 0.29) is 5.91 Å². The number of halogens is 2. The third-order valence-corrected chi connectivity index (χ3v) is 4.18. The van der Waals surface area contributed by atoms with Gasteiger partial charge in [-0.3, -0.25) is 9.79 Å². The second-order valence-corrected chi connectivity index (χ2v) is 6.35. The molecule has 0 heterocycles. The van der Waals surface area contributed by atoms with E-state index in [2.05, 4.69) is 10.3 Å². The number of nitrogens with one attached hydrogen (secondary N) is 1. The van der Waals surface area contributed by atoms with Crippen LogP contribution in [0.5, 0.6) is 0 Å². The maximum Gasteiger partial charge on any atom is 0.224 e. The zero-order valence-electron chi connectivity index (χ0n) is 14.9. The molecular weight excluding hydrogens is 379 g/mol.